The van der Waals surface area contributed by atoms with Crippen LogP contribution in [0.25, 0.3) is 0 Å². The average molecular weight is 306 g/mol. The molecule has 0 aromatic rings. The smallest absolute Gasteiger partial charge is 0.258 e. The highest BCUT2D eigenvalue weighted by Crippen LogP contribution is 2.57. The molecule has 4 amide bonds. The van der Waals surface area contributed by atoms with Crippen molar-refractivity contribution in [3.63, 3.8) is 0 Å². The lowest BCUT2D eigenvalue weighted by molar-refractivity contribution is -0.182. The zero-order chi connectivity index (χ0) is 15.8. The fourth-order valence-corrected chi connectivity index (χ4v) is 4.53. The molecule has 3 aliphatic carbocycles. The molecule has 2 aliphatic heterocycles. The number of hydrogen-bond acceptors (Lipinski definition) is 6. The van der Waals surface area contributed by atoms with Crippen molar-refractivity contribution in [2.75, 3.05) is 14.2 Å². The first-order chi connectivity index (χ1) is 10.5. The fraction of sp³-hybridized carbons (Fsp3) is 0.571. The summed E-state index contributed by atoms with van der Waals surface area (Å²) in [5.41, 5.74) is 0. The Balaban J connectivity index is 1.81. The van der Waals surface area contributed by atoms with Gasteiger partial charge < -0.3 is 0 Å². The van der Waals surface area contributed by atoms with Crippen LogP contribution in [0.5, 0.6) is 0 Å². The third-order valence-electron chi connectivity index (χ3n) is 5.29. The second-order valence-electron chi connectivity index (χ2n) is 5.95. The van der Waals surface area contributed by atoms with Crippen LogP contribution in [0.1, 0.15) is 0 Å². The van der Waals surface area contributed by atoms with E-state index in [0.717, 1.165) is 10.1 Å². The predicted molar refractivity (Wildman–Crippen MR) is 67.8 cm³/mol. The van der Waals surface area contributed by atoms with Crippen LogP contribution in [0.4, 0.5) is 0 Å². The molecule has 5 aliphatic rings. The van der Waals surface area contributed by atoms with Gasteiger partial charge in [0.25, 0.3) is 23.6 Å². The lowest BCUT2D eigenvalue weighted by Gasteiger charge is -2.44. The molecule has 116 valence electrons. The van der Waals surface area contributed by atoms with E-state index in [9.17, 15) is 19.2 Å². The third kappa shape index (κ3) is 1.30. The fourth-order valence-electron chi connectivity index (χ4n) is 4.53. The number of amides is 4. The molecule has 2 heterocycles. The van der Waals surface area contributed by atoms with Crippen LogP contribution in [-0.2, 0) is 28.9 Å². The van der Waals surface area contributed by atoms with Crippen molar-refractivity contribution < 1.29 is 28.9 Å². The van der Waals surface area contributed by atoms with Gasteiger partial charge in [-0.1, -0.05) is 12.2 Å². The zero-order valence-electron chi connectivity index (χ0n) is 12.0. The Kier molecular flexibility index (Phi) is 2.62. The van der Waals surface area contributed by atoms with Crippen LogP contribution in [0.3, 0.4) is 0 Å². The Labute approximate surface area is 125 Å². The molecule has 5 rings (SSSR count). The van der Waals surface area contributed by atoms with Crippen molar-refractivity contribution in [2.24, 2.45) is 35.5 Å². The van der Waals surface area contributed by atoms with Crippen molar-refractivity contribution in [1.82, 2.24) is 10.1 Å². The van der Waals surface area contributed by atoms with Gasteiger partial charge >= 0.3 is 0 Å². The Hall–Kier alpha value is -2.06. The standard InChI is InChI=1S/C14H14N2O6/c1-21-15-11(17)7-5-3-4-6(8(7)12(15)18)10-9(5)13(19)16(22-2)14(10)20/h3-10H,1-2H3. The minimum atomic E-state index is -0.641. The minimum Gasteiger partial charge on any atom is -0.272 e. The summed E-state index contributed by atoms with van der Waals surface area (Å²) in [4.78, 5) is 59.4. The van der Waals surface area contributed by atoms with Crippen molar-refractivity contribution in [3.8, 4) is 0 Å². The lowest BCUT2D eigenvalue weighted by Crippen LogP contribution is -2.50. The number of allylic oxidation sites excluding steroid dienone is 2. The summed E-state index contributed by atoms with van der Waals surface area (Å²) >= 11 is 0. The summed E-state index contributed by atoms with van der Waals surface area (Å²) in [7, 11) is 2.51. The molecule has 2 saturated heterocycles. The van der Waals surface area contributed by atoms with Gasteiger partial charge in [-0.15, -0.1) is 0 Å². The van der Waals surface area contributed by atoms with Gasteiger partial charge in [-0.3, -0.25) is 28.9 Å². The number of nitrogens with zero attached hydrogens (tertiary/aromatic N) is 2. The van der Waals surface area contributed by atoms with E-state index in [1.165, 1.54) is 14.2 Å². The summed E-state index contributed by atoms with van der Waals surface area (Å²) in [6.45, 7) is 0. The predicted octanol–water partition coefficient (Wildman–Crippen LogP) is -0.873. The van der Waals surface area contributed by atoms with Gasteiger partial charge in [0.05, 0.1) is 37.9 Å². The van der Waals surface area contributed by atoms with E-state index in [1.807, 2.05) is 0 Å². The van der Waals surface area contributed by atoms with E-state index in [-0.39, 0.29) is 0 Å². The third-order valence-corrected chi connectivity index (χ3v) is 5.29. The number of hydroxylamine groups is 4. The van der Waals surface area contributed by atoms with E-state index >= 15 is 0 Å². The number of carbonyl (C=O) groups is 4. The summed E-state index contributed by atoms with van der Waals surface area (Å²) in [6.07, 6.45) is 3.56. The van der Waals surface area contributed by atoms with Crippen LogP contribution >= 0.6 is 0 Å². The minimum absolute atomic E-state index is 0.439. The van der Waals surface area contributed by atoms with Crippen molar-refractivity contribution in [2.45, 2.75) is 0 Å². The number of imide groups is 2. The normalized spacial score (nSPS) is 42.5. The molecular formula is C14H14N2O6. The topological polar surface area (TPSA) is 93.2 Å². The van der Waals surface area contributed by atoms with Crippen molar-refractivity contribution in [3.05, 3.63) is 12.2 Å². The molecule has 0 radical (unpaired) electrons. The Morgan fingerprint density at radius 3 is 1.18 bits per heavy atom. The highest BCUT2D eigenvalue weighted by atomic mass is 16.7. The zero-order valence-corrected chi connectivity index (χ0v) is 12.0. The van der Waals surface area contributed by atoms with Gasteiger partial charge in [0.15, 0.2) is 0 Å². The van der Waals surface area contributed by atoms with Gasteiger partial charge in [-0.2, -0.15) is 10.1 Å². The van der Waals surface area contributed by atoms with Crippen molar-refractivity contribution in [1.29, 1.82) is 0 Å². The highest BCUT2D eigenvalue weighted by molar-refractivity contribution is 6.09. The molecule has 0 aromatic carbocycles. The quantitative estimate of drug-likeness (QED) is 0.486. The summed E-state index contributed by atoms with van der Waals surface area (Å²) in [6, 6.07) is 0. The van der Waals surface area contributed by atoms with Gasteiger partial charge in [0, 0.05) is 11.8 Å². The van der Waals surface area contributed by atoms with E-state index in [1.54, 1.807) is 12.2 Å². The molecule has 4 atom stereocenters. The number of hydrogen-bond donors (Lipinski definition) is 0. The molecule has 0 aromatic heterocycles. The Bertz CT molecular complexity index is 545. The molecule has 8 nitrogen and oxygen atoms in total. The number of rotatable bonds is 2. The van der Waals surface area contributed by atoms with E-state index in [4.69, 9.17) is 9.68 Å². The van der Waals surface area contributed by atoms with Crippen LogP contribution in [-0.4, -0.2) is 48.0 Å². The first-order valence-electron chi connectivity index (χ1n) is 7.05. The first kappa shape index (κ1) is 13.6. The molecule has 1 saturated carbocycles. The second-order valence-corrected chi connectivity index (χ2v) is 5.95. The second kappa shape index (κ2) is 4.23. The van der Waals surface area contributed by atoms with Crippen LogP contribution in [0, 0.1) is 35.5 Å². The van der Waals surface area contributed by atoms with Crippen LogP contribution in [0.15, 0.2) is 12.2 Å². The summed E-state index contributed by atoms with van der Waals surface area (Å²) in [5, 5.41) is 1.51. The largest absolute Gasteiger partial charge is 0.272 e. The SMILES string of the molecule is CON1C(=O)C2C3C=CC(C2C1=O)C1C(=O)N(OC)C(=O)C31. The first-order valence-corrected chi connectivity index (χ1v) is 7.05. The maximum Gasteiger partial charge on any atom is 0.258 e. The van der Waals surface area contributed by atoms with Crippen LogP contribution < -0.4 is 0 Å². The van der Waals surface area contributed by atoms with Gasteiger partial charge in [0.1, 0.15) is 0 Å². The maximum absolute atomic E-state index is 12.4. The molecule has 2 bridgehead atoms. The Morgan fingerprint density at radius 1 is 0.682 bits per heavy atom. The maximum atomic E-state index is 12.4. The monoisotopic (exact) mass is 306 g/mol. The average Bonchev–Trinajstić information content (AvgIpc) is 2.94. The van der Waals surface area contributed by atoms with Gasteiger partial charge in [-0.25, -0.2) is 0 Å². The van der Waals surface area contributed by atoms with Crippen LogP contribution in [0.2, 0.25) is 0 Å². The summed E-state index contributed by atoms with van der Waals surface area (Å²) < 4.78 is 0. The van der Waals surface area contributed by atoms with E-state index in [2.05, 4.69) is 0 Å². The van der Waals surface area contributed by atoms with E-state index < -0.39 is 59.1 Å². The molecule has 22 heavy (non-hydrogen) atoms. The molecule has 0 N–H and O–H groups in total. The molecule has 8 heteroatoms. The summed E-state index contributed by atoms with van der Waals surface area (Å²) in [5.74, 6) is -5.28. The van der Waals surface area contributed by atoms with Crippen molar-refractivity contribution >= 4 is 23.6 Å². The van der Waals surface area contributed by atoms with E-state index in [0.29, 0.717) is 0 Å². The molecule has 0 spiro atoms. The molecular weight excluding hydrogens is 292 g/mol. The van der Waals surface area contributed by atoms with Gasteiger partial charge in [-0.05, 0) is 0 Å². The lowest BCUT2D eigenvalue weighted by atomic mass is 9.54. The number of carbonyl (C=O) groups excluding carboxylic acids is 4. The Morgan fingerprint density at radius 2 is 0.955 bits per heavy atom. The molecule has 4 unspecified atom stereocenters. The highest BCUT2D eigenvalue weighted by Gasteiger charge is 2.69. The molecule has 3 fully saturated rings. The van der Waals surface area contributed by atoms with Gasteiger partial charge in [0.2, 0.25) is 0 Å².